The van der Waals surface area contributed by atoms with Crippen molar-refractivity contribution in [2.75, 3.05) is 0 Å². The maximum Gasteiger partial charge on any atom is 0.411 e. The number of rotatable bonds is 9. The molecular formula is C23H39NO2. The molecule has 0 aromatic rings. The second-order valence-corrected chi connectivity index (χ2v) is 9.02. The number of hydrogen-bond acceptors (Lipinski definition) is 2. The van der Waals surface area contributed by atoms with Crippen LogP contribution in [0.1, 0.15) is 97.8 Å². The Labute approximate surface area is 160 Å². The van der Waals surface area contributed by atoms with Crippen LogP contribution in [-0.2, 0) is 4.74 Å². The third-order valence-corrected chi connectivity index (χ3v) is 5.47. The van der Waals surface area contributed by atoms with Crippen LogP contribution < -0.4 is 0 Å². The number of fused-ring (bicyclic) bond motifs is 2. The maximum absolute atomic E-state index is 12.6. The zero-order valence-corrected chi connectivity index (χ0v) is 17.3. The fourth-order valence-corrected chi connectivity index (χ4v) is 4.25. The Kier molecular flexibility index (Phi) is 8.24. The lowest BCUT2D eigenvalue weighted by Crippen LogP contribution is -2.53. The van der Waals surface area contributed by atoms with Crippen molar-refractivity contribution in [1.29, 1.82) is 0 Å². The molecule has 0 saturated carbocycles. The Morgan fingerprint density at radius 2 is 1.88 bits per heavy atom. The molecule has 1 amide bonds. The molecule has 0 aliphatic carbocycles. The normalized spacial score (nSPS) is 22.7. The van der Waals surface area contributed by atoms with Crippen molar-refractivity contribution in [2.24, 2.45) is 0 Å². The van der Waals surface area contributed by atoms with Gasteiger partial charge in [0.25, 0.3) is 0 Å². The monoisotopic (exact) mass is 361 g/mol. The summed E-state index contributed by atoms with van der Waals surface area (Å²) in [6.07, 6.45) is 19.1. The first-order valence-corrected chi connectivity index (χ1v) is 10.7. The Hall–Kier alpha value is -1.25. The second-order valence-electron chi connectivity index (χ2n) is 9.02. The molecule has 3 nitrogen and oxygen atoms in total. The number of unbranched alkanes of at least 4 members (excludes halogenated alkanes) is 6. The van der Waals surface area contributed by atoms with Crippen molar-refractivity contribution in [2.45, 2.75) is 116 Å². The van der Waals surface area contributed by atoms with Crippen molar-refractivity contribution < 1.29 is 9.53 Å². The molecule has 0 radical (unpaired) electrons. The highest BCUT2D eigenvalue weighted by Gasteiger charge is 2.38. The van der Waals surface area contributed by atoms with E-state index >= 15 is 0 Å². The van der Waals surface area contributed by atoms with E-state index in [1.54, 1.807) is 5.57 Å². The molecule has 1 saturated heterocycles. The number of nitrogens with zero attached hydrogens (tertiary/aromatic N) is 1. The molecule has 0 aromatic carbocycles. The van der Waals surface area contributed by atoms with E-state index in [4.69, 9.17) is 4.74 Å². The van der Waals surface area contributed by atoms with E-state index < -0.39 is 5.60 Å². The third-order valence-electron chi connectivity index (χ3n) is 5.47. The van der Waals surface area contributed by atoms with Gasteiger partial charge in [-0.2, -0.15) is 0 Å². The summed E-state index contributed by atoms with van der Waals surface area (Å²) in [4.78, 5) is 14.6. The fourth-order valence-electron chi connectivity index (χ4n) is 4.25. The van der Waals surface area contributed by atoms with E-state index in [1.165, 1.54) is 51.4 Å². The van der Waals surface area contributed by atoms with Crippen LogP contribution in [0.25, 0.3) is 0 Å². The number of ether oxygens (including phenoxy) is 1. The summed E-state index contributed by atoms with van der Waals surface area (Å²) in [6.45, 7) is 9.62. The van der Waals surface area contributed by atoms with Gasteiger partial charge in [0.2, 0.25) is 0 Å². The van der Waals surface area contributed by atoms with Gasteiger partial charge in [-0.15, -0.1) is 6.58 Å². The minimum atomic E-state index is -0.416. The SMILES string of the molecule is C=CCCCCCCCCC1=CC2CCCC(C1)N2C(=O)OC(C)(C)C. The van der Waals surface area contributed by atoms with Crippen molar-refractivity contribution in [1.82, 2.24) is 4.90 Å². The summed E-state index contributed by atoms with van der Waals surface area (Å²) < 4.78 is 5.65. The van der Waals surface area contributed by atoms with Crippen LogP contribution in [-0.4, -0.2) is 28.7 Å². The van der Waals surface area contributed by atoms with Crippen LogP contribution >= 0.6 is 0 Å². The van der Waals surface area contributed by atoms with Gasteiger partial charge in [0.1, 0.15) is 5.60 Å². The zero-order chi connectivity index (χ0) is 19.0. The van der Waals surface area contributed by atoms with Crippen molar-refractivity contribution in [3.8, 4) is 0 Å². The minimum absolute atomic E-state index is 0.123. The van der Waals surface area contributed by atoms with Crippen LogP contribution in [0.3, 0.4) is 0 Å². The summed E-state index contributed by atoms with van der Waals surface area (Å²) in [5.74, 6) is 0. The standard InChI is InChI=1S/C23H39NO2/c1-5-6-7-8-9-10-11-12-14-19-17-20-15-13-16-21(18-19)24(20)22(25)26-23(2,3)4/h5,17,20-21H,1,6-16,18H2,2-4H3. The molecule has 0 aromatic heterocycles. The number of allylic oxidation sites excluding steroid dienone is 1. The minimum Gasteiger partial charge on any atom is -0.444 e. The van der Waals surface area contributed by atoms with E-state index in [2.05, 4.69) is 12.7 Å². The first-order chi connectivity index (χ1) is 12.4. The Morgan fingerprint density at radius 1 is 1.19 bits per heavy atom. The molecule has 2 unspecified atom stereocenters. The molecule has 2 heterocycles. The summed E-state index contributed by atoms with van der Waals surface area (Å²) in [7, 11) is 0. The molecule has 2 atom stereocenters. The lowest BCUT2D eigenvalue weighted by molar-refractivity contribution is -0.00159. The number of carbonyl (C=O) groups is 1. The highest BCUT2D eigenvalue weighted by Crippen LogP contribution is 2.36. The lowest BCUT2D eigenvalue weighted by Gasteiger charge is -2.45. The van der Waals surface area contributed by atoms with E-state index in [0.717, 1.165) is 25.7 Å². The van der Waals surface area contributed by atoms with Gasteiger partial charge in [0.05, 0.1) is 6.04 Å². The lowest BCUT2D eigenvalue weighted by atomic mass is 9.84. The molecule has 148 valence electrons. The van der Waals surface area contributed by atoms with Gasteiger partial charge in [-0.05, 0) is 72.1 Å². The number of carbonyl (C=O) groups excluding carboxylic acids is 1. The quantitative estimate of drug-likeness (QED) is 0.334. The average Bonchev–Trinajstić information content (AvgIpc) is 2.54. The van der Waals surface area contributed by atoms with Crippen molar-refractivity contribution in [3.05, 3.63) is 24.3 Å². The average molecular weight is 362 g/mol. The van der Waals surface area contributed by atoms with Gasteiger partial charge in [-0.25, -0.2) is 4.79 Å². The molecule has 2 rings (SSSR count). The van der Waals surface area contributed by atoms with Gasteiger partial charge in [0, 0.05) is 6.04 Å². The number of piperidine rings is 1. The molecular weight excluding hydrogens is 322 g/mol. The van der Waals surface area contributed by atoms with Crippen LogP contribution in [0.2, 0.25) is 0 Å². The molecule has 0 N–H and O–H groups in total. The summed E-state index contributed by atoms with van der Waals surface area (Å²) in [5, 5.41) is 0. The molecule has 26 heavy (non-hydrogen) atoms. The van der Waals surface area contributed by atoms with E-state index in [1.807, 2.05) is 31.7 Å². The topological polar surface area (TPSA) is 29.5 Å². The van der Waals surface area contributed by atoms with Gasteiger partial charge in [-0.3, -0.25) is 4.90 Å². The molecule has 2 aliphatic rings. The molecule has 2 aliphatic heterocycles. The first-order valence-electron chi connectivity index (χ1n) is 10.7. The Bertz CT molecular complexity index is 489. The van der Waals surface area contributed by atoms with Crippen LogP contribution in [0, 0.1) is 0 Å². The molecule has 1 fully saturated rings. The highest BCUT2D eigenvalue weighted by molar-refractivity contribution is 5.70. The van der Waals surface area contributed by atoms with Gasteiger partial charge in [-0.1, -0.05) is 43.4 Å². The van der Waals surface area contributed by atoms with Crippen LogP contribution in [0.5, 0.6) is 0 Å². The summed E-state index contributed by atoms with van der Waals surface area (Å²) >= 11 is 0. The second kappa shape index (κ2) is 10.2. The third kappa shape index (κ3) is 6.81. The molecule has 3 heteroatoms. The Balaban J connectivity index is 1.76. The molecule has 0 spiro atoms. The predicted octanol–water partition coefficient (Wildman–Crippen LogP) is 6.78. The zero-order valence-electron chi connectivity index (χ0n) is 17.3. The first kappa shape index (κ1) is 21.1. The maximum atomic E-state index is 12.6. The largest absolute Gasteiger partial charge is 0.444 e. The van der Waals surface area contributed by atoms with E-state index in [0.29, 0.717) is 6.04 Å². The van der Waals surface area contributed by atoms with E-state index in [9.17, 15) is 4.79 Å². The predicted molar refractivity (Wildman–Crippen MR) is 109 cm³/mol. The van der Waals surface area contributed by atoms with Crippen LogP contribution in [0.4, 0.5) is 4.79 Å². The molecule has 2 bridgehead atoms. The van der Waals surface area contributed by atoms with Crippen molar-refractivity contribution >= 4 is 6.09 Å². The number of amides is 1. The van der Waals surface area contributed by atoms with Crippen molar-refractivity contribution in [3.63, 3.8) is 0 Å². The van der Waals surface area contributed by atoms with Crippen LogP contribution in [0.15, 0.2) is 24.3 Å². The van der Waals surface area contributed by atoms with Gasteiger partial charge in [0.15, 0.2) is 0 Å². The smallest absolute Gasteiger partial charge is 0.411 e. The van der Waals surface area contributed by atoms with E-state index in [-0.39, 0.29) is 12.1 Å². The van der Waals surface area contributed by atoms with Gasteiger partial charge < -0.3 is 4.74 Å². The fraction of sp³-hybridized carbons (Fsp3) is 0.783. The summed E-state index contributed by atoms with van der Waals surface area (Å²) in [5.41, 5.74) is 1.16. The number of hydrogen-bond donors (Lipinski definition) is 0. The highest BCUT2D eigenvalue weighted by atomic mass is 16.6. The van der Waals surface area contributed by atoms with Gasteiger partial charge >= 0.3 is 6.09 Å². The Morgan fingerprint density at radius 3 is 2.54 bits per heavy atom. The summed E-state index contributed by atoms with van der Waals surface area (Å²) in [6, 6.07) is 0.605.